The Morgan fingerprint density at radius 1 is 0.525 bits per heavy atom. The third kappa shape index (κ3) is 12.5. The van der Waals surface area contributed by atoms with Crippen molar-refractivity contribution in [1.82, 2.24) is 0 Å². The van der Waals surface area contributed by atoms with E-state index >= 15 is 0 Å². The molecule has 2 aromatic carbocycles. The van der Waals surface area contributed by atoms with Crippen molar-refractivity contribution < 1.29 is 48.2 Å². The molecule has 332 valence electrons. The molecule has 0 bridgehead atoms. The first kappa shape index (κ1) is 48.5. The Bertz CT molecular complexity index is 1640. The molecule has 4 rings (SSSR count). The zero-order valence-electron chi connectivity index (χ0n) is 39.2. The highest BCUT2D eigenvalue weighted by molar-refractivity contribution is 5.70. The number of ether oxygens (including phenoxy) is 6. The van der Waals surface area contributed by atoms with Crippen molar-refractivity contribution >= 4 is 11.9 Å². The molecule has 1 spiro atoms. The van der Waals surface area contributed by atoms with Crippen molar-refractivity contribution in [2.24, 2.45) is 16.2 Å². The predicted molar refractivity (Wildman–Crippen MR) is 231 cm³/mol. The smallest absolute Gasteiger partial charge is 0.306 e. The standard InChI is InChI=1S/C49H76O10/c1-43(2,3)33-23-37(50)35(45(7,8)9)21-31(33)17-19-39(52)54-25-47(13,14)41-56-27-49(28-57-41)29-58-42(59-30-49)48(15,16)26-55-40(53)20-18-32-22-36(46(10,11)12)38(51)24-34(32)44(4,5)6/h21-24,41-42,50-51H,17-20,25-30H2,1-16H3. The summed E-state index contributed by atoms with van der Waals surface area (Å²) in [5.74, 6) is -0.0416. The van der Waals surface area contributed by atoms with E-state index < -0.39 is 28.8 Å². The van der Waals surface area contributed by atoms with Crippen LogP contribution in [0.15, 0.2) is 24.3 Å². The van der Waals surface area contributed by atoms with Crippen LogP contribution in [0.3, 0.4) is 0 Å². The van der Waals surface area contributed by atoms with Crippen molar-refractivity contribution in [2.45, 2.75) is 171 Å². The molecule has 10 nitrogen and oxygen atoms in total. The average Bonchev–Trinajstić information content (AvgIpc) is 3.10. The first-order chi connectivity index (χ1) is 26.8. The molecule has 0 atom stereocenters. The number of carbonyl (C=O) groups is 2. The Kier molecular flexibility index (Phi) is 14.5. The zero-order valence-corrected chi connectivity index (χ0v) is 39.2. The summed E-state index contributed by atoms with van der Waals surface area (Å²) in [6.45, 7) is 34.6. The lowest BCUT2D eigenvalue weighted by atomic mass is 9.78. The number of benzene rings is 2. The molecule has 0 aromatic heterocycles. The minimum atomic E-state index is -0.609. The molecule has 2 aromatic rings. The van der Waals surface area contributed by atoms with Gasteiger partial charge in [0.2, 0.25) is 0 Å². The van der Waals surface area contributed by atoms with E-state index in [-0.39, 0.29) is 71.2 Å². The molecule has 2 N–H and O–H groups in total. The van der Waals surface area contributed by atoms with Gasteiger partial charge >= 0.3 is 11.9 Å². The Labute approximate surface area is 355 Å². The van der Waals surface area contributed by atoms with Gasteiger partial charge in [0.1, 0.15) is 24.7 Å². The molecule has 10 heteroatoms. The highest BCUT2D eigenvalue weighted by Gasteiger charge is 2.48. The number of hydrogen-bond donors (Lipinski definition) is 2. The molecule has 0 radical (unpaired) electrons. The third-order valence-electron chi connectivity index (χ3n) is 11.5. The molecule has 2 heterocycles. The topological polar surface area (TPSA) is 130 Å². The second kappa shape index (κ2) is 17.7. The first-order valence-electron chi connectivity index (χ1n) is 21.4. The summed E-state index contributed by atoms with van der Waals surface area (Å²) in [5, 5.41) is 21.6. The van der Waals surface area contributed by atoms with Gasteiger partial charge in [-0.1, -0.05) is 123 Å². The van der Waals surface area contributed by atoms with Crippen molar-refractivity contribution in [2.75, 3.05) is 39.6 Å². The monoisotopic (exact) mass is 825 g/mol. The van der Waals surface area contributed by atoms with Crippen molar-refractivity contribution in [1.29, 1.82) is 0 Å². The molecule has 2 fully saturated rings. The van der Waals surface area contributed by atoms with Gasteiger partial charge in [0.15, 0.2) is 12.6 Å². The van der Waals surface area contributed by atoms with Crippen LogP contribution >= 0.6 is 0 Å². The maximum atomic E-state index is 13.1. The van der Waals surface area contributed by atoms with Gasteiger partial charge in [-0.25, -0.2) is 0 Å². The summed E-state index contributed by atoms with van der Waals surface area (Å²) in [4.78, 5) is 26.1. The first-order valence-corrected chi connectivity index (χ1v) is 21.4. The van der Waals surface area contributed by atoms with Crippen LogP contribution in [0.25, 0.3) is 0 Å². The van der Waals surface area contributed by atoms with Crippen LogP contribution in [-0.4, -0.2) is 74.4 Å². The van der Waals surface area contributed by atoms with Gasteiger partial charge in [-0.05, 0) is 80.0 Å². The Balaban J connectivity index is 1.24. The summed E-state index contributed by atoms with van der Waals surface area (Å²) >= 11 is 0. The maximum Gasteiger partial charge on any atom is 0.306 e. The molecule has 2 aliphatic heterocycles. The van der Waals surface area contributed by atoms with Gasteiger partial charge in [-0.3, -0.25) is 9.59 Å². The Morgan fingerprint density at radius 2 is 0.814 bits per heavy atom. The number of esters is 2. The van der Waals surface area contributed by atoms with Crippen LogP contribution in [0.5, 0.6) is 11.5 Å². The van der Waals surface area contributed by atoms with Crippen LogP contribution in [0, 0.1) is 16.2 Å². The number of phenols is 2. The lowest BCUT2D eigenvalue weighted by molar-refractivity contribution is -0.337. The van der Waals surface area contributed by atoms with Crippen molar-refractivity contribution in [3.8, 4) is 11.5 Å². The van der Waals surface area contributed by atoms with Gasteiger partial charge in [-0.15, -0.1) is 0 Å². The van der Waals surface area contributed by atoms with Crippen LogP contribution in [0.1, 0.15) is 157 Å². The van der Waals surface area contributed by atoms with E-state index in [1.807, 2.05) is 52.0 Å². The van der Waals surface area contributed by atoms with Gasteiger partial charge in [0.05, 0.1) is 31.8 Å². The highest BCUT2D eigenvalue weighted by Crippen LogP contribution is 2.41. The zero-order chi connectivity index (χ0) is 44.6. The second-order valence-corrected chi connectivity index (χ2v) is 22.8. The molecular weight excluding hydrogens is 749 g/mol. The quantitative estimate of drug-likeness (QED) is 0.200. The van der Waals surface area contributed by atoms with Gasteiger partial charge in [0, 0.05) is 23.7 Å². The summed E-state index contributed by atoms with van der Waals surface area (Å²) in [5.41, 5.74) is 3.24. The van der Waals surface area contributed by atoms with E-state index in [9.17, 15) is 19.8 Å². The molecule has 0 amide bonds. The van der Waals surface area contributed by atoms with Crippen molar-refractivity contribution in [3.05, 3.63) is 57.6 Å². The average molecular weight is 825 g/mol. The molecule has 2 aliphatic rings. The number of aryl methyl sites for hydroxylation is 2. The van der Waals surface area contributed by atoms with Gasteiger partial charge in [0.25, 0.3) is 0 Å². The number of aromatic hydroxyl groups is 2. The molecule has 59 heavy (non-hydrogen) atoms. The minimum Gasteiger partial charge on any atom is -0.508 e. The van der Waals surface area contributed by atoms with E-state index in [4.69, 9.17) is 28.4 Å². The summed E-state index contributed by atoms with van der Waals surface area (Å²) < 4.78 is 36.6. The van der Waals surface area contributed by atoms with E-state index in [0.29, 0.717) is 39.3 Å². The molecule has 0 saturated carbocycles. The second-order valence-electron chi connectivity index (χ2n) is 22.8. The Morgan fingerprint density at radius 3 is 1.08 bits per heavy atom. The van der Waals surface area contributed by atoms with E-state index in [1.165, 1.54) is 0 Å². The normalized spacial score (nSPS) is 21.1. The predicted octanol–water partition coefficient (Wildman–Crippen LogP) is 9.72. The van der Waals surface area contributed by atoms with Crippen LogP contribution < -0.4 is 0 Å². The lowest BCUT2D eigenvalue weighted by Crippen LogP contribution is -2.57. The largest absolute Gasteiger partial charge is 0.508 e. The van der Waals surface area contributed by atoms with Gasteiger partial charge in [-0.2, -0.15) is 0 Å². The number of hydrogen-bond acceptors (Lipinski definition) is 10. The lowest BCUT2D eigenvalue weighted by Gasteiger charge is -2.48. The van der Waals surface area contributed by atoms with Gasteiger partial charge < -0.3 is 38.6 Å². The van der Waals surface area contributed by atoms with E-state index in [0.717, 1.165) is 33.4 Å². The fourth-order valence-electron chi connectivity index (χ4n) is 7.82. The highest BCUT2D eigenvalue weighted by atomic mass is 16.7. The molecular formula is C49H76O10. The van der Waals surface area contributed by atoms with Crippen LogP contribution in [-0.2, 0) is 72.5 Å². The number of rotatable bonds is 12. The summed E-state index contributed by atoms with van der Waals surface area (Å²) in [6, 6.07) is 7.77. The number of carbonyl (C=O) groups excluding carboxylic acids is 2. The maximum absolute atomic E-state index is 13.1. The molecule has 0 aliphatic carbocycles. The fraction of sp³-hybridized carbons (Fsp3) is 0.714. The fourth-order valence-corrected chi connectivity index (χ4v) is 7.82. The summed E-state index contributed by atoms with van der Waals surface area (Å²) in [7, 11) is 0. The SMILES string of the molecule is CC(C)(C)c1cc(CCC(=O)OCC(C)(C)C2OCC3(CO2)COC(C(C)(C)COC(=O)CCc2cc(C(C)(C)C)c(O)cc2C(C)(C)C)OC3)c(C(C)(C)C)cc1O. The number of phenolic OH excluding ortho intramolecular Hbond substituents is 2. The van der Waals surface area contributed by atoms with Crippen molar-refractivity contribution in [3.63, 3.8) is 0 Å². The molecule has 0 unspecified atom stereocenters. The van der Waals surface area contributed by atoms with Crippen LogP contribution in [0.2, 0.25) is 0 Å². The van der Waals surface area contributed by atoms with Crippen LogP contribution in [0.4, 0.5) is 0 Å². The Hall–Kier alpha value is -3.18. The summed E-state index contributed by atoms with van der Waals surface area (Å²) in [6.07, 6.45) is 0.262. The third-order valence-corrected chi connectivity index (χ3v) is 11.5. The van der Waals surface area contributed by atoms with E-state index in [1.54, 1.807) is 0 Å². The minimum absolute atomic E-state index is 0.130. The molecule has 2 saturated heterocycles. The van der Waals surface area contributed by atoms with E-state index in [2.05, 4.69) is 83.1 Å².